The van der Waals surface area contributed by atoms with E-state index in [1.807, 2.05) is 12.1 Å². The Hall–Kier alpha value is -2.39. The zero-order valence-corrected chi connectivity index (χ0v) is 17.6. The van der Waals surface area contributed by atoms with Crippen molar-refractivity contribution in [3.63, 3.8) is 0 Å². The molecule has 4 rings (SSSR count). The minimum atomic E-state index is -3.75. The van der Waals surface area contributed by atoms with Crippen molar-refractivity contribution in [2.24, 2.45) is 11.1 Å². The summed E-state index contributed by atoms with van der Waals surface area (Å²) in [5, 5.41) is 5.39. The third kappa shape index (κ3) is 4.45. The van der Waals surface area contributed by atoms with Gasteiger partial charge in [0.1, 0.15) is 22.9 Å². The molecule has 9 heteroatoms. The van der Waals surface area contributed by atoms with Crippen molar-refractivity contribution in [3.8, 4) is 0 Å². The molecule has 1 atom stereocenters. The lowest BCUT2D eigenvalue weighted by Gasteiger charge is -2.37. The fourth-order valence-electron chi connectivity index (χ4n) is 4.22. The molecule has 2 aromatic rings. The molecular weight excluding hydrogens is 388 g/mol. The Labute approximate surface area is 172 Å². The molecule has 2 fully saturated rings. The highest BCUT2D eigenvalue weighted by atomic mass is 32.2. The molecule has 1 aromatic heterocycles. The number of primary sulfonamides is 1. The topological polar surface area (TPSA) is 95.7 Å². The summed E-state index contributed by atoms with van der Waals surface area (Å²) in [5.74, 6) is 2.60. The van der Waals surface area contributed by atoms with Crippen molar-refractivity contribution in [3.05, 3.63) is 36.7 Å². The first-order valence-corrected chi connectivity index (χ1v) is 11.6. The normalized spacial score (nSPS) is 20.8. The van der Waals surface area contributed by atoms with Gasteiger partial charge in [0, 0.05) is 45.3 Å². The molecule has 2 aliphatic heterocycles. The van der Waals surface area contributed by atoms with Gasteiger partial charge >= 0.3 is 0 Å². The molecule has 0 saturated carbocycles. The molecule has 0 amide bonds. The minimum Gasteiger partial charge on any atom is -0.367 e. The van der Waals surface area contributed by atoms with Crippen LogP contribution in [0.25, 0.3) is 0 Å². The summed E-state index contributed by atoms with van der Waals surface area (Å²) in [6, 6.07) is 8.99. The number of nitrogens with two attached hydrogens (primary N) is 1. The van der Waals surface area contributed by atoms with Crippen molar-refractivity contribution >= 4 is 27.3 Å². The monoisotopic (exact) mass is 416 g/mol. The summed E-state index contributed by atoms with van der Waals surface area (Å²) in [7, 11) is -3.75. The average Bonchev–Trinajstić information content (AvgIpc) is 2.73. The van der Waals surface area contributed by atoms with Crippen LogP contribution in [0, 0.1) is 5.92 Å². The van der Waals surface area contributed by atoms with Gasteiger partial charge in [-0.25, -0.2) is 23.5 Å². The van der Waals surface area contributed by atoms with Gasteiger partial charge in [-0.05, 0) is 30.9 Å². The number of anilines is 3. The quantitative estimate of drug-likeness (QED) is 0.810. The van der Waals surface area contributed by atoms with E-state index < -0.39 is 10.0 Å². The first-order valence-electron chi connectivity index (χ1n) is 10.1. The van der Waals surface area contributed by atoms with E-state index >= 15 is 0 Å². The molecule has 29 heavy (non-hydrogen) atoms. The van der Waals surface area contributed by atoms with E-state index in [2.05, 4.69) is 37.7 Å². The van der Waals surface area contributed by atoms with E-state index in [1.54, 1.807) is 18.5 Å². The Kier molecular flexibility index (Phi) is 5.60. The Morgan fingerprint density at radius 2 is 1.62 bits per heavy atom. The van der Waals surface area contributed by atoms with Crippen LogP contribution in [0.15, 0.2) is 41.6 Å². The Bertz CT molecular complexity index is 959. The predicted octanol–water partition coefficient (Wildman–Crippen LogP) is 1.69. The second-order valence-electron chi connectivity index (χ2n) is 7.91. The van der Waals surface area contributed by atoms with Crippen LogP contribution in [0.2, 0.25) is 0 Å². The van der Waals surface area contributed by atoms with Gasteiger partial charge in [-0.3, -0.25) is 0 Å². The van der Waals surface area contributed by atoms with E-state index in [0.29, 0.717) is 24.7 Å². The van der Waals surface area contributed by atoms with Gasteiger partial charge in [0.15, 0.2) is 0 Å². The molecule has 2 aliphatic rings. The lowest BCUT2D eigenvalue weighted by Crippen LogP contribution is -2.47. The number of nitrogens with zero attached hydrogens (tertiary/aromatic N) is 5. The molecule has 0 aliphatic carbocycles. The van der Waals surface area contributed by atoms with Gasteiger partial charge in [0.2, 0.25) is 10.0 Å². The largest absolute Gasteiger partial charge is 0.367 e. The van der Waals surface area contributed by atoms with E-state index in [9.17, 15) is 8.42 Å². The zero-order valence-electron chi connectivity index (χ0n) is 16.7. The second-order valence-corrected chi connectivity index (χ2v) is 9.44. The number of benzene rings is 1. The van der Waals surface area contributed by atoms with Crippen molar-refractivity contribution in [2.45, 2.75) is 24.7 Å². The average molecular weight is 417 g/mol. The fraction of sp³-hybridized carbons (Fsp3) is 0.500. The number of sulfonamides is 1. The first-order chi connectivity index (χ1) is 13.9. The number of rotatable bonds is 4. The molecule has 0 bridgehead atoms. The molecule has 0 radical (unpaired) electrons. The van der Waals surface area contributed by atoms with E-state index in [4.69, 9.17) is 5.14 Å². The second kappa shape index (κ2) is 8.16. The molecular formula is C20H28N6O2S. The first kappa shape index (κ1) is 19.9. The third-order valence-electron chi connectivity index (χ3n) is 5.74. The molecule has 8 nitrogen and oxygen atoms in total. The van der Waals surface area contributed by atoms with Crippen LogP contribution >= 0.6 is 0 Å². The molecule has 2 saturated heterocycles. The smallest absolute Gasteiger partial charge is 0.240 e. The molecule has 0 spiro atoms. The lowest BCUT2D eigenvalue weighted by atomic mass is 10.0. The molecule has 1 aromatic carbocycles. The number of hydrogen-bond donors (Lipinski definition) is 1. The highest BCUT2D eigenvalue weighted by Gasteiger charge is 2.24. The maximum Gasteiger partial charge on any atom is 0.240 e. The van der Waals surface area contributed by atoms with Crippen LogP contribution in [0.5, 0.6) is 0 Å². The number of para-hydroxylation sites is 1. The molecule has 1 unspecified atom stereocenters. The molecule has 3 heterocycles. The Balaban J connectivity index is 1.46. The highest BCUT2D eigenvalue weighted by Crippen LogP contribution is 2.27. The Morgan fingerprint density at radius 3 is 2.31 bits per heavy atom. The van der Waals surface area contributed by atoms with Crippen molar-refractivity contribution in [1.29, 1.82) is 0 Å². The fourth-order valence-corrected chi connectivity index (χ4v) is 4.97. The maximum absolute atomic E-state index is 11.9. The van der Waals surface area contributed by atoms with Crippen LogP contribution < -0.4 is 19.8 Å². The summed E-state index contributed by atoms with van der Waals surface area (Å²) in [6.45, 7) is 7.28. The predicted molar refractivity (Wildman–Crippen MR) is 115 cm³/mol. The van der Waals surface area contributed by atoms with Gasteiger partial charge in [0.05, 0.1) is 5.69 Å². The molecule has 2 N–H and O–H groups in total. The zero-order chi connectivity index (χ0) is 20.4. The van der Waals surface area contributed by atoms with Gasteiger partial charge in [-0.15, -0.1) is 0 Å². The maximum atomic E-state index is 11.9. The summed E-state index contributed by atoms with van der Waals surface area (Å²) in [4.78, 5) is 15.8. The number of aromatic nitrogens is 2. The SMILES string of the molecule is CC1CCCN(c2cc(N3CCN(c4ccccc4S(N)(=O)=O)CC3)ncn2)C1. The van der Waals surface area contributed by atoms with E-state index in [-0.39, 0.29) is 4.90 Å². The van der Waals surface area contributed by atoms with Gasteiger partial charge in [-0.1, -0.05) is 19.1 Å². The van der Waals surface area contributed by atoms with E-state index in [0.717, 1.165) is 37.8 Å². The van der Waals surface area contributed by atoms with Gasteiger partial charge < -0.3 is 14.7 Å². The van der Waals surface area contributed by atoms with Crippen molar-refractivity contribution in [2.75, 3.05) is 54.0 Å². The standard InChI is InChI=1S/C20H28N6O2S/c1-16-5-4-8-26(14-16)20-13-19(22-15-23-20)25-11-9-24(10-12-25)17-6-2-3-7-18(17)29(21,27)28/h2-3,6-7,13,15-16H,4-5,8-12,14H2,1H3,(H2,21,27,28). The summed E-state index contributed by atoms with van der Waals surface area (Å²) >= 11 is 0. The summed E-state index contributed by atoms with van der Waals surface area (Å²) in [5.41, 5.74) is 0.667. The van der Waals surface area contributed by atoms with Crippen molar-refractivity contribution < 1.29 is 8.42 Å². The van der Waals surface area contributed by atoms with Gasteiger partial charge in [0.25, 0.3) is 0 Å². The number of piperazine rings is 1. The highest BCUT2D eigenvalue weighted by molar-refractivity contribution is 7.89. The summed E-state index contributed by atoms with van der Waals surface area (Å²) in [6.07, 6.45) is 4.12. The number of piperidine rings is 1. The Morgan fingerprint density at radius 1 is 0.966 bits per heavy atom. The molecule has 156 valence electrons. The third-order valence-corrected chi connectivity index (χ3v) is 6.69. The van der Waals surface area contributed by atoms with Crippen LogP contribution in [0.3, 0.4) is 0 Å². The van der Waals surface area contributed by atoms with Crippen LogP contribution in [-0.4, -0.2) is 57.7 Å². The van der Waals surface area contributed by atoms with Crippen LogP contribution in [0.1, 0.15) is 19.8 Å². The van der Waals surface area contributed by atoms with Crippen LogP contribution in [-0.2, 0) is 10.0 Å². The number of hydrogen-bond acceptors (Lipinski definition) is 7. The van der Waals surface area contributed by atoms with Crippen LogP contribution in [0.4, 0.5) is 17.3 Å². The minimum absolute atomic E-state index is 0.178. The van der Waals surface area contributed by atoms with Crippen molar-refractivity contribution in [1.82, 2.24) is 9.97 Å². The van der Waals surface area contributed by atoms with E-state index in [1.165, 1.54) is 12.8 Å². The summed E-state index contributed by atoms with van der Waals surface area (Å²) < 4.78 is 23.8. The lowest BCUT2D eigenvalue weighted by molar-refractivity contribution is 0.444. The van der Waals surface area contributed by atoms with Gasteiger partial charge in [-0.2, -0.15) is 0 Å².